The number of carboxylic acids is 1. The molecule has 7 N–H and O–H groups in total. The minimum Gasteiger partial charge on any atom is -0.478 e. The quantitative estimate of drug-likeness (QED) is 0.110. The second-order valence-corrected chi connectivity index (χ2v) is 8.82. The molecule has 0 aliphatic heterocycles. The Morgan fingerprint density at radius 3 is 1.03 bits per heavy atom. The number of aliphatic hydroxyl groups is 6. The highest BCUT2D eigenvalue weighted by molar-refractivity contribution is 5.78. The van der Waals surface area contributed by atoms with Crippen molar-refractivity contribution in [3.8, 4) is 0 Å². The first kappa shape index (κ1) is 36.5. The Bertz CT molecular complexity index is 374. The second kappa shape index (κ2) is 25.6. The molecule has 0 atom stereocenters. The van der Waals surface area contributed by atoms with Gasteiger partial charge in [-0.15, -0.1) is 0 Å². The Morgan fingerprint density at radius 2 is 0.848 bits per heavy atom. The monoisotopic (exact) mass is 480 g/mol. The van der Waals surface area contributed by atoms with Gasteiger partial charge < -0.3 is 35.7 Å². The van der Waals surface area contributed by atoms with Crippen LogP contribution in [0, 0.1) is 10.8 Å². The van der Waals surface area contributed by atoms with Gasteiger partial charge in [-0.1, -0.05) is 84.6 Å². The highest BCUT2D eigenvalue weighted by atomic mass is 16.4. The number of hydrogen-bond acceptors (Lipinski definition) is 7. The van der Waals surface area contributed by atoms with Gasteiger partial charge in [-0.2, -0.15) is 0 Å². The maximum Gasteiger partial charge on any atom is 0.327 e. The molecule has 0 aromatic heterocycles. The van der Waals surface area contributed by atoms with E-state index in [1.807, 2.05) is 0 Å². The van der Waals surface area contributed by atoms with E-state index in [-0.39, 0.29) is 39.6 Å². The minimum absolute atomic E-state index is 0.131. The van der Waals surface area contributed by atoms with Gasteiger partial charge in [0.05, 0.1) is 39.6 Å². The van der Waals surface area contributed by atoms with Gasteiger partial charge in [-0.25, -0.2) is 4.79 Å². The number of carboxylic acid groups (broad SMARTS) is 1. The predicted octanol–water partition coefficient (Wildman–Crippen LogP) is 2.88. The van der Waals surface area contributed by atoms with Crippen molar-refractivity contribution in [1.82, 2.24) is 0 Å². The van der Waals surface area contributed by atoms with Gasteiger partial charge in [0.2, 0.25) is 0 Å². The fourth-order valence-electron chi connectivity index (χ4n) is 2.98. The maximum atomic E-state index is 9.25. The molecule has 0 heterocycles. The van der Waals surface area contributed by atoms with Crippen LogP contribution in [0.2, 0.25) is 0 Å². The lowest BCUT2D eigenvalue weighted by Gasteiger charge is -2.27. The standard InChI is InChI=1S/2C11H24O3.C3H4O2/c2*1-2-3-4-5-6-7-11(8-12,9-13)10-14;1-2-3(4)5/h2*12-14H,2-10H2,1H3;2H,1H2,(H,4,5). The molecule has 0 aromatic carbocycles. The molecule has 0 rings (SSSR count). The summed E-state index contributed by atoms with van der Waals surface area (Å²) in [6.07, 6.45) is 13.8. The summed E-state index contributed by atoms with van der Waals surface area (Å²) in [6, 6.07) is 0. The molecule has 0 spiro atoms. The van der Waals surface area contributed by atoms with Crippen LogP contribution in [0.5, 0.6) is 0 Å². The fraction of sp³-hybridized carbons (Fsp3) is 0.880. The molecule has 8 nitrogen and oxygen atoms in total. The predicted molar refractivity (Wildman–Crippen MR) is 132 cm³/mol. The minimum atomic E-state index is -0.981. The third-order valence-electron chi connectivity index (χ3n) is 5.81. The Kier molecular flexibility index (Phi) is 28.3. The van der Waals surface area contributed by atoms with E-state index in [4.69, 9.17) is 35.7 Å². The van der Waals surface area contributed by atoms with E-state index in [0.717, 1.165) is 31.8 Å². The van der Waals surface area contributed by atoms with Crippen molar-refractivity contribution in [3.63, 3.8) is 0 Å². The molecule has 0 aliphatic rings. The molecule has 0 bridgehead atoms. The van der Waals surface area contributed by atoms with Gasteiger partial charge >= 0.3 is 5.97 Å². The largest absolute Gasteiger partial charge is 0.478 e. The third kappa shape index (κ3) is 21.3. The van der Waals surface area contributed by atoms with Crippen LogP contribution in [0.15, 0.2) is 12.7 Å². The summed E-state index contributed by atoms with van der Waals surface area (Å²) < 4.78 is 0. The topological polar surface area (TPSA) is 159 Å². The van der Waals surface area contributed by atoms with E-state index < -0.39 is 16.8 Å². The first-order chi connectivity index (χ1) is 15.8. The van der Waals surface area contributed by atoms with Crippen LogP contribution < -0.4 is 0 Å². The van der Waals surface area contributed by atoms with Crippen molar-refractivity contribution in [2.24, 2.45) is 10.8 Å². The zero-order chi connectivity index (χ0) is 26.0. The Hall–Kier alpha value is -1.03. The summed E-state index contributed by atoms with van der Waals surface area (Å²) in [5, 5.41) is 62.0. The molecule has 0 saturated carbocycles. The van der Waals surface area contributed by atoms with Gasteiger partial charge in [0.1, 0.15) is 0 Å². The van der Waals surface area contributed by atoms with Crippen molar-refractivity contribution >= 4 is 5.97 Å². The van der Waals surface area contributed by atoms with Crippen LogP contribution >= 0.6 is 0 Å². The number of rotatable bonds is 19. The van der Waals surface area contributed by atoms with E-state index in [9.17, 15) is 4.79 Å². The Balaban J connectivity index is -0.000000453. The number of carbonyl (C=O) groups is 1. The van der Waals surface area contributed by atoms with Crippen molar-refractivity contribution < 1.29 is 40.5 Å². The molecule has 0 radical (unpaired) electrons. The average Bonchev–Trinajstić information content (AvgIpc) is 2.85. The zero-order valence-corrected chi connectivity index (χ0v) is 21.1. The van der Waals surface area contributed by atoms with E-state index >= 15 is 0 Å². The first-order valence-corrected chi connectivity index (χ1v) is 12.3. The van der Waals surface area contributed by atoms with Crippen molar-refractivity contribution in [2.75, 3.05) is 39.6 Å². The normalized spacial score (nSPS) is 11.2. The van der Waals surface area contributed by atoms with Gasteiger partial charge in [-0.3, -0.25) is 0 Å². The van der Waals surface area contributed by atoms with Gasteiger partial charge in [0, 0.05) is 16.9 Å². The van der Waals surface area contributed by atoms with Crippen LogP contribution in [0.3, 0.4) is 0 Å². The van der Waals surface area contributed by atoms with Gasteiger partial charge in [0.15, 0.2) is 0 Å². The average molecular weight is 481 g/mol. The number of aliphatic hydroxyl groups excluding tert-OH is 6. The summed E-state index contributed by atoms with van der Waals surface area (Å²) in [4.78, 5) is 9.25. The molecule has 8 heteroatoms. The van der Waals surface area contributed by atoms with Gasteiger partial charge in [0.25, 0.3) is 0 Å². The molecule has 0 fully saturated rings. The lowest BCUT2D eigenvalue weighted by molar-refractivity contribution is -0.131. The Labute approximate surface area is 201 Å². The van der Waals surface area contributed by atoms with E-state index in [0.29, 0.717) is 12.8 Å². The van der Waals surface area contributed by atoms with Crippen molar-refractivity contribution in [3.05, 3.63) is 12.7 Å². The van der Waals surface area contributed by atoms with Crippen LogP contribution in [-0.2, 0) is 4.79 Å². The molecule has 0 unspecified atom stereocenters. The molecule has 0 aliphatic carbocycles. The molecular weight excluding hydrogens is 428 g/mol. The molecular formula is C25H52O8. The molecule has 0 aromatic rings. The van der Waals surface area contributed by atoms with Crippen LogP contribution in [0.4, 0.5) is 0 Å². The second-order valence-electron chi connectivity index (χ2n) is 8.82. The first-order valence-electron chi connectivity index (χ1n) is 12.3. The zero-order valence-electron chi connectivity index (χ0n) is 21.1. The van der Waals surface area contributed by atoms with Crippen LogP contribution in [-0.4, -0.2) is 81.4 Å². The van der Waals surface area contributed by atoms with Crippen molar-refractivity contribution in [2.45, 2.75) is 90.9 Å². The lowest BCUT2D eigenvalue weighted by Crippen LogP contribution is -2.33. The highest BCUT2D eigenvalue weighted by Crippen LogP contribution is 2.24. The Morgan fingerprint density at radius 1 is 0.606 bits per heavy atom. The van der Waals surface area contributed by atoms with E-state index in [1.54, 1.807) is 0 Å². The summed E-state index contributed by atoms with van der Waals surface area (Å²) in [5.74, 6) is -0.981. The van der Waals surface area contributed by atoms with E-state index in [1.165, 1.54) is 38.5 Å². The smallest absolute Gasteiger partial charge is 0.327 e. The SMILES string of the molecule is C=CC(=O)O.CCCCCCCC(CO)(CO)CO.CCCCCCCC(CO)(CO)CO. The van der Waals surface area contributed by atoms with Crippen LogP contribution in [0.25, 0.3) is 0 Å². The van der Waals surface area contributed by atoms with Crippen LogP contribution in [0.1, 0.15) is 90.9 Å². The summed E-state index contributed by atoms with van der Waals surface area (Å²) in [5.41, 5.74) is -1.32. The number of hydrogen-bond donors (Lipinski definition) is 7. The summed E-state index contributed by atoms with van der Waals surface area (Å²) in [7, 11) is 0. The molecule has 200 valence electrons. The fourth-order valence-corrected chi connectivity index (χ4v) is 2.98. The third-order valence-corrected chi connectivity index (χ3v) is 5.81. The van der Waals surface area contributed by atoms with E-state index in [2.05, 4.69) is 20.4 Å². The summed E-state index contributed by atoms with van der Waals surface area (Å²) in [6.45, 7) is 6.51. The lowest BCUT2D eigenvalue weighted by atomic mass is 9.85. The molecule has 0 amide bonds. The number of unbranched alkanes of at least 4 members (excludes halogenated alkanes) is 8. The molecule has 0 saturated heterocycles. The van der Waals surface area contributed by atoms with Gasteiger partial charge in [-0.05, 0) is 12.8 Å². The molecule has 33 heavy (non-hydrogen) atoms. The summed E-state index contributed by atoms with van der Waals surface area (Å²) >= 11 is 0. The number of aliphatic carboxylic acids is 1. The maximum absolute atomic E-state index is 9.25. The highest BCUT2D eigenvalue weighted by Gasteiger charge is 2.27. The van der Waals surface area contributed by atoms with Crippen molar-refractivity contribution in [1.29, 1.82) is 0 Å².